The topological polar surface area (TPSA) is 77.1 Å². The third-order valence-electron chi connectivity index (χ3n) is 6.43. The van der Waals surface area contributed by atoms with Crippen LogP contribution in [0.1, 0.15) is 50.2 Å². The number of amides is 2. The van der Waals surface area contributed by atoms with Crippen molar-refractivity contribution in [3.05, 3.63) is 53.6 Å². The number of aryl methyl sites for hydroxylation is 1. The predicted molar refractivity (Wildman–Crippen MR) is 131 cm³/mol. The van der Waals surface area contributed by atoms with Crippen LogP contribution in [-0.2, 0) is 22.6 Å². The highest BCUT2D eigenvalue weighted by molar-refractivity contribution is 5.87. The minimum atomic E-state index is -0.579. The predicted octanol–water partition coefficient (Wildman–Crippen LogP) is 4.12. The maximum absolute atomic E-state index is 13.4. The molecule has 0 saturated heterocycles. The molecule has 3 rings (SSSR count). The first-order valence-corrected chi connectivity index (χ1v) is 11.9. The van der Waals surface area contributed by atoms with Gasteiger partial charge in [-0.1, -0.05) is 31.0 Å². The Bertz CT molecular complexity index is 971. The van der Waals surface area contributed by atoms with Gasteiger partial charge >= 0.3 is 0 Å². The quantitative estimate of drug-likeness (QED) is 0.537. The fraction of sp³-hybridized carbons (Fsp3) is 0.481. The Morgan fingerprint density at radius 2 is 1.71 bits per heavy atom. The van der Waals surface area contributed by atoms with Gasteiger partial charge in [-0.05, 0) is 61.6 Å². The van der Waals surface area contributed by atoms with Crippen LogP contribution >= 0.6 is 0 Å². The summed E-state index contributed by atoms with van der Waals surface area (Å²) in [5, 5.41) is 3.14. The van der Waals surface area contributed by atoms with E-state index in [-0.39, 0.29) is 24.3 Å². The minimum Gasteiger partial charge on any atom is -0.497 e. The van der Waals surface area contributed by atoms with Gasteiger partial charge in [0, 0.05) is 19.0 Å². The van der Waals surface area contributed by atoms with Crippen molar-refractivity contribution in [1.82, 2.24) is 10.2 Å². The van der Waals surface area contributed by atoms with Gasteiger partial charge < -0.3 is 24.4 Å². The molecule has 1 unspecified atom stereocenters. The summed E-state index contributed by atoms with van der Waals surface area (Å²) in [4.78, 5) is 28.1. The summed E-state index contributed by atoms with van der Waals surface area (Å²) in [5.41, 5.74) is 1.88. The molecular formula is C27H36N2O5. The van der Waals surface area contributed by atoms with Crippen molar-refractivity contribution in [3.63, 3.8) is 0 Å². The molecule has 34 heavy (non-hydrogen) atoms. The average Bonchev–Trinajstić information content (AvgIpc) is 3.38. The van der Waals surface area contributed by atoms with Crippen molar-refractivity contribution in [3.8, 4) is 17.2 Å². The lowest BCUT2D eigenvalue weighted by atomic mass is 10.1. The average molecular weight is 469 g/mol. The molecule has 7 heteroatoms. The molecule has 2 amide bonds. The van der Waals surface area contributed by atoms with Gasteiger partial charge in [-0.2, -0.15) is 0 Å². The summed E-state index contributed by atoms with van der Waals surface area (Å²) in [5.74, 6) is 1.82. The number of ether oxygens (including phenoxy) is 3. The smallest absolute Gasteiger partial charge is 0.242 e. The van der Waals surface area contributed by atoms with Crippen LogP contribution in [0.3, 0.4) is 0 Å². The van der Waals surface area contributed by atoms with E-state index in [4.69, 9.17) is 14.2 Å². The fourth-order valence-corrected chi connectivity index (χ4v) is 4.37. The van der Waals surface area contributed by atoms with Crippen LogP contribution < -0.4 is 19.5 Å². The van der Waals surface area contributed by atoms with Crippen molar-refractivity contribution in [2.75, 3.05) is 21.3 Å². The number of benzene rings is 2. The second-order valence-electron chi connectivity index (χ2n) is 8.73. The largest absolute Gasteiger partial charge is 0.497 e. The van der Waals surface area contributed by atoms with Gasteiger partial charge in [0.1, 0.15) is 11.8 Å². The molecule has 1 aliphatic rings. The van der Waals surface area contributed by atoms with Crippen molar-refractivity contribution >= 4 is 11.8 Å². The Balaban J connectivity index is 1.74. The molecule has 1 saturated carbocycles. The zero-order chi connectivity index (χ0) is 24.5. The van der Waals surface area contributed by atoms with E-state index in [0.29, 0.717) is 24.5 Å². The number of carbonyl (C=O) groups excluding carboxylic acids is 2. The zero-order valence-corrected chi connectivity index (χ0v) is 20.6. The number of methoxy groups -OCH3 is 3. The number of carbonyl (C=O) groups is 2. The van der Waals surface area contributed by atoms with Crippen molar-refractivity contribution in [2.24, 2.45) is 0 Å². The van der Waals surface area contributed by atoms with E-state index in [1.54, 1.807) is 33.2 Å². The molecule has 7 nitrogen and oxygen atoms in total. The maximum Gasteiger partial charge on any atom is 0.242 e. The Hall–Kier alpha value is -3.22. The van der Waals surface area contributed by atoms with Gasteiger partial charge in [0.15, 0.2) is 11.5 Å². The molecular weight excluding hydrogens is 432 g/mol. The van der Waals surface area contributed by atoms with E-state index in [2.05, 4.69) is 5.32 Å². The molecule has 1 atom stereocenters. The van der Waals surface area contributed by atoms with Gasteiger partial charge in [0.05, 0.1) is 21.3 Å². The number of hydrogen-bond donors (Lipinski definition) is 1. The lowest BCUT2D eigenvalue weighted by Gasteiger charge is -2.30. The van der Waals surface area contributed by atoms with Gasteiger partial charge in [0.25, 0.3) is 0 Å². The monoisotopic (exact) mass is 468 g/mol. The Morgan fingerprint density at radius 1 is 0.971 bits per heavy atom. The normalized spacial score (nSPS) is 14.4. The molecule has 1 aliphatic carbocycles. The standard InChI is InChI=1S/C27H36N2O5/c1-19(27(31)28-22-9-5-6-10-22)29(18-21-8-7-11-23(16-21)32-2)26(30)15-13-20-12-14-24(33-3)25(17-20)34-4/h7-8,11-12,14,16-17,19,22H,5-6,9-10,13,15,18H2,1-4H3,(H,28,31). The lowest BCUT2D eigenvalue weighted by molar-refractivity contribution is -0.140. The van der Waals surface area contributed by atoms with Gasteiger partial charge in [0.2, 0.25) is 11.8 Å². The Labute approximate surface area is 202 Å². The van der Waals surface area contributed by atoms with Crippen molar-refractivity contribution < 1.29 is 23.8 Å². The third kappa shape index (κ3) is 6.65. The lowest BCUT2D eigenvalue weighted by Crippen LogP contribution is -2.49. The number of hydrogen-bond acceptors (Lipinski definition) is 5. The summed E-state index contributed by atoms with van der Waals surface area (Å²) < 4.78 is 16.0. The molecule has 0 aliphatic heterocycles. The van der Waals surface area contributed by atoms with Crippen LogP contribution in [-0.4, -0.2) is 50.1 Å². The molecule has 2 aromatic rings. The Kier molecular flexibility index (Phi) is 9.19. The highest BCUT2D eigenvalue weighted by Gasteiger charge is 2.28. The highest BCUT2D eigenvalue weighted by Crippen LogP contribution is 2.28. The number of nitrogens with zero attached hydrogens (tertiary/aromatic N) is 1. The maximum atomic E-state index is 13.4. The molecule has 0 bridgehead atoms. The fourth-order valence-electron chi connectivity index (χ4n) is 4.37. The van der Waals surface area contributed by atoms with E-state index in [1.165, 1.54) is 0 Å². The molecule has 1 N–H and O–H groups in total. The van der Waals surface area contributed by atoms with Gasteiger partial charge in [-0.15, -0.1) is 0 Å². The summed E-state index contributed by atoms with van der Waals surface area (Å²) >= 11 is 0. The van der Waals surface area contributed by atoms with Gasteiger partial charge in [-0.25, -0.2) is 0 Å². The van der Waals surface area contributed by atoms with E-state index in [9.17, 15) is 9.59 Å². The minimum absolute atomic E-state index is 0.0772. The van der Waals surface area contributed by atoms with Crippen molar-refractivity contribution in [1.29, 1.82) is 0 Å². The molecule has 1 fully saturated rings. The first-order chi connectivity index (χ1) is 16.4. The summed E-state index contributed by atoms with van der Waals surface area (Å²) in [6, 6.07) is 12.9. The van der Waals surface area contributed by atoms with Crippen LogP contribution in [0.15, 0.2) is 42.5 Å². The van der Waals surface area contributed by atoms with E-state index in [0.717, 1.165) is 42.6 Å². The molecule has 2 aromatic carbocycles. The number of rotatable bonds is 11. The highest BCUT2D eigenvalue weighted by atomic mass is 16.5. The Morgan fingerprint density at radius 3 is 2.38 bits per heavy atom. The van der Waals surface area contributed by atoms with Gasteiger partial charge in [-0.3, -0.25) is 9.59 Å². The summed E-state index contributed by atoms with van der Waals surface area (Å²) in [6.45, 7) is 2.14. The van der Waals surface area contributed by atoms with E-state index < -0.39 is 6.04 Å². The first kappa shape index (κ1) is 25.4. The summed E-state index contributed by atoms with van der Waals surface area (Å²) in [7, 11) is 4.80. The van der Waals surface area contributed by atoms with E-state index >= 15 is 0 Å². The molecule has 184 valence electrons. The SMILES string of the molecule is COc1cccc(CN(C(=O)CCc2ccc(OC)c(OC)c2)C(C)C(=O)NC2CCCC2)c1. The second kappa shape index (κ2) is 12.3. The van der Waals surface area contributed by atoms with Crippen LogP contribution in [0.25, 0.3) is 0 Å². The summed E-state index contributed by atoms with van der Waals surface area (Å²) in [6.07, 6.45) is 5.09. The zero-order valence-electron chi connectivity index (χ0n) is 20.6. The molecule has 0 spiro atoms. The van der Waals surface area contributed by atoms with Crippen LogP contribution in [0.5, 0.6) is 17.2 Å². The number of nitrogens with one attached hydrogen (secondary N) is 1. The first-order valence-electron chi connectivity index (χ1n) is 11.9. The third-order valence-corrected chi connectivity index (χ3v) is 6.43. The van der Waals surface area contributed by atoms with Crippen LogP contribution in [0, 0.1) is 0 Å². The van der Waals surface area contributed by atoms with Crippen molar-refractivity contribution in [2.45, 2.75) is 64.1 Å². The van der Waals surface area contributed by atoms with Crippen LogP contribution in [0.4, 0.5) is 0 Å². The molecule has 0 aromatic heterocycles. The second-order valence-corrected chi connectivity index (χ2v) is 8.73. The van der Waals surface area contributed by atoms with E-state index in [1.807, 2.05) is 42.5 Å². The molecule has 0 radical (unpaired) electrons. The molecule has 0 heterocycles. The van der Waals surface area contributed by atoms with Crippen LogP contribution in [0.2, 0.25) is 0 Å².